The first kappa shape index (κ1) is 54.0. The van der Waals surface area contributed by atoms with Crippen LogP contribution in [-0.2, 0) is 50.2 Å². The minimum Gasteiger partial charge on any atom is -0.502 e. The van der Waals surface area contributed by atoms with Crippen LogP contribution in [0.15, 0.2) is 57.1 Å². The second kappa shape index (κ2) is 24.4. The van der Waals surface area contributed by atoms with Gasteiger partial charge in [0.2, 0.25) is 0 Å². The minimum atomic E-state index is -4.70. The summed E-state index contributed by atoms with van der Waals surface area (Å²) in [4.78, 5) is 48.0. The lowest BCUT2D eigenvalue weighted by atomic mass is 9.90. The number of ether oxygens (including phenoxy) is 4. The number of nitrogens with zero attached hydrogens (tertiary/aromatic N) is 2. The second-order valence-corrected chi connectivity index (χ2v) is 14.8. The predicted molar refractivity (Wildman–Crippen MR) is 218 cm³/mol. The van der Waals surface area contributed by atoms with Gasteiger partial charge in [0.25, 0.3) is 11.1 Å². The first-order valence-electron chi connectivity index (χ1n) is 19.4. The van der Waals surface area contributed by atoms with Crippen molar-refractivity contribution in [3.63, 3.8) is 0 Å². The Morgan fingerprint density at radius 3 is 1.53 bits per heavy atom. The summed E-state index contributed by atoms with van der Waals surface area (Å²) >= 11 is 2.79. The molecule has 338 valence electrons. The van der Waals surface area contributed by atoms with Crippen LogP contribution in [0.2, 0.25) is 0 Å². The molecule has 0 aromatic carbocycles. The summed E-state index contributed by atoms with van der Waals surface area (Å²) in [6.07, 6.45) is -1.74. The Labute approximate surface area is 355 Å². The fourth-order valence-corrected chi connectivity index (χ4v) is 5.89. The van der Waals surface area contributed by atoms with Crippen LogP contribution >= 0.6 is 15.9 Å². The van der Waals surface area contributed by atoms with Crippen molar-refractivity contribution >= 4 is 41.1 Å². The lowest BCUT2D eigenvalue weighted by molar-refractivity contribution is -0.148. The topological polar surface area (TPSA) is 134 Å². The van der Waals surface area contributed by atoms with E-state index in [0.717, 1.165) is 33.9 Å². The zero-order chi connectivity index (χ0) is 46.1. The van der Waals surface area contributed by atoms with Crippen LogP contribution < -0.4 is 11.1 Å². The molecule has 12 nitrogen and oxygen atoms in total. The van der Waals surface area contributed by atoms with E-state index in [1.807, 2.05) is 34.6 Å². The number of esters is 2. The van der Waals surface area contributed by atoms with Crippen LogP contribution in [0.5, 0.6) is 0 Å². The van der Waals surface area contributed by atoms with Gasteiger partial charge in [-0.3, -0.25) is 9.59 Å². The van der Waals surface area contributed by atoms with Crippen molar-refractivity contribution in [3.05, 3.63) is 84.9 Å². The first-order valence-corrected chi connectivity index (χ1v) is 20.2. The summed E-state index contributed by atoms with van der Waals surface area (Å²) in [5.41, 5.74) is -4.75. The molecule has 1 aliphatic rings. The number of rotatable bonds is 16. The van der Waals surface area contributed by atoms with Gasteiger partial charge in [0.05, 0.1) is 61.3 Å². The SMILES string of the molecule is CCCC(C(=O)OCC)n1cc(/C=C/OCC)c(C(F)(F)F)cc1=O.CCCC(C(=O)OCC)n1cc(Br)c(C(F)(F)F)cc1=O.CCO/C=C/B1OC(C)(C)C(C)(C)O1. The van der Waals surface area contributed by atoms with Crippen LogP contribution in [0.25, 0.3) is 6.08 Å². The second-order valence-electron chi connectivity index (χ2n) is 13.9. The van der Waals surface area contributed by atoms with Crippen molar-refractivity contribution in [1.29, 1.82) is 0 Å². The van der Waals surface area contributed by atoms with E-state index in [4.69, 9.17) is 28.3 Å². The fraction of sp³-hybridized carbons (Fsp3) is 0.600. The van der Waals surface area contributed by atoms with E-state index in [1.165, 1.54) is 0 Å². The van der Waals surface area contributed by atoms with Crippen molar-refractivity contribution in [2.24, 2.45) is 0 Å². The highest BCUT2D eigenvalue weighted by Crippen LogP contribution is 2.37. The van der Waals surface area contributed by atoms with Gasteiger partial charge in [0, 0.05) is 34.6 Å². The van der Waals surface area contributed by atoms with E-state index in [-0.39, 0.29) is 48.0 Å². The van der Waals surface area contributed by atoms with E-state index < -0.39 is 58.6 Å². The molecular weight excluding hydrogens is 873 g/mol. The quantitative estimate of drug-likeness (QED) is 0.0694. The van der Waals surface area contributed by atoms with Crippen LogP contribution in [0.4, 0.5) is 26.3 Å². The molecule has 1 fully saturated rings. The lowest BCUT2D eigenvalue weighted by Crippen LogP contribution is -2.41. The molecule has 1 saturated heterocycles. The Bertz CT molecular complexity index is 1850. The van der Waals surface area contributed by atoms with E-state index in [1.54, 1.807) is 46.9 Å². The third kappa shape index (κ3) is 16.1. The maximum absolute atomic E-state index is 13.2. The van der Waals surface area contributed by atoms with Crippen LogP contribution in [0.3, 0.4) is 0 Å². The molecule has 60 heavy (non-hydrogen) atoms. The number of pyridine rings is 2. The lowest BCUT2D eigenvalue weighted by Gasteiger charge is -2.32. The molecule has 0 aliphatic carbocycles. The Morgan fingerprint density at radius 2 is 1.13 bits per heavy atom. The number of halogens is 7. The van der Waals surface area contributed by atoms with Crippen molar-refractivity contribution < 1.29 is 64.2 Å². The van der Waals surface area contributed by atoms with E-state index >= 15 is 0 Å². The fourth-order valence-electron chi connectivity index (χ4n) is 5.33. The highest BCUT2D eigenvalue weighted by Gasteiger charge is 2.50. The molecule has 2 unspecified atom stereocenters. The first-order chi connectivity index (χ1) is 27.9. The zero-order valence-corrected chi connectivity index (χ0v) is 37.2. The normalized spacial score (nSPS) is 15.7. The molecule has 2 atom stereocenters. The highest BCUT2D eigenvalue weighted by molar-refractivity contribution is 9.10. The van der Waals surface area contributed by atoms with E-state index in [0.29, 0.717) is 44.6 Å². The predicted octanol–water partition coefficient (Wildman–Crippen LogP) is 9.48. The van der Waals surface area contributed by atoms with Gasteiger partial charge in [-0.15, -0.1) is 0 Å². The molecule has 0 N–H and O–H groups in total. The molecule has 0 spiro atoms. The Morgan fingerprint density at radius 1 is 0.717 bits per heavy atom. The van der Waals surface area contributed by atoms with Crippen molar-refractivity contribution in [2.45, 2.75) is 131 Å². The number of hydrogen-bond acceptors (Lipinski definition) is 10. The summed E-state index contributed by atoms with van der Waals surface area (Å²) in [6, 6.07) is -0.931. The number of carbonyl (C=O) groups excluding carboxylic acids is 2. The summed E-state index contributed by atoms with van der Waals surface area (Å²) in [7, 11) is -0.299. The number of carbonyl (C=O) groups is 2. The maximum atomic E-state index is 13.2. The molecule has 2 aromatic rings. The van der Waals surface area contributed by atoms with Gasteiger partial charge >= 0.3 is 31.4 Å². The molecule has 3 heterocycles. The monoisotopic (exact) mass is 928 g/mol. The molecule has 0 bridgehead atoms. The van der Waals surface area contributed by atoms with Gasteiger partial charge in [0.15, 0.2) is 0 Å². The van der Waals surface area contributed by atoms with Gasteiger partial charge < -0.3 is 37.4 Å². The standard InChI is InChI=1S/C17H22F3NO4.C13H15BrF3NO3.C10H19BO3/c1-4-7-14(16(23)25-6-3)21-11-12(8-9-24-5-2)13(10-15(21)22)17(18,19)20;1-3-5-10(12(20)21-4-2)18-7-9(14)8(6-11(18)19)13(15,16)17;1-6-12-8-7-11-13-9(2,3)10(4,5)14-11/h8-11,14H,4-7H2,1-3H3;6-7,10H,3-5H2,1-2H3;7-8H,6H2,1-5H3/b9-8+;;8-7+. The Kier molecular flexibility index (Phi) is 22.0. The number of aromatic nitrogens is 2. The van der Waals surface area contributed by atoms with Crippen molar-refractivity contribution in [1.82, 2.24) is 9.13 Å². The van der Waals surface area contributed by atoms with Crippen LogP contribution in [0, 0.1) is 0 Å². The van der Waals surface area contributed by atoms with Gasteiger partial charge in [0.1, 0.15) is 12.1 Å². The highest BCUT2D eigenvalue weighted by atomic mass is 79.9. The third-order valence-corrected chi connectivity index (χ3v) is 9.58. The molecule has 2 aromatic heterocycles. The average Bonchev–Trinajstić information content (AvgIpc) is 3.35. The van der Waals surface area contributed by atoms with Crippen molar-refractivity contribution in [3.8, 4) is 0 Å². The maximum Gasteiger partial charge on any atom is 0.490 e. The molecule has 20 heteroatoms. The van der Waals surface area contributed by atoms with Gasteiger partial charge in [-0.2, -0.15) is 26.3 Å². The average molecular weight is 930 g/mol. The summed E-state index contributed by atoms with van der Waals surface area (Å²) in [6.45, 7) is 19.8. The molecule has 1 aliphatic heterocycles. The van der Waals surface area contributed by atoms with E-state index in [9.17, 15) is 45.5 Å². The van der Waals surface area contributed by atoms with Crippen LogP contribution in [0.1, 0.15) is 124 Å². The summed E-state index contributed by atoms with van der Waals surface area (Å²) < 4.78 is 111. The minimum absolute atomic E-state index is 0.117. The molecular formula is C40H56BBrF6N2O10. The molecule has 0 amide bonds. The Balaban J connectivity index is 0.000000467. The van der Waals surface area contributed by atoms with Gasteiger partial charge in [-0.1, -0.05) is 26.7 Å². The number of hydrogen-bond donors (Lipinski definition) is 0. The van der Waals surface area contributed by atoms with Gasteiger partial charge in [-0.05, 0) is 96.2 Å². The largest absolute Gasteiger partial charge is 0.502 e. The van der Waals surface area contributed by atoms with Crippen LogP contribution in [-0.4, -0.2) is 65.8 Å². The summed E-state index contributed by atoms with van der Waals surface area (Å²) in [5, 5.41) is 0. The summed E-state index contributed by atoms with van der Waals surface area (Å²) in [5.74, 6) is 0.513. The zero-order valence-electron chi connectivity index (χ0n) is 35.6. The van der Waals surface area contributed by atoms with E-state index in [2.05, 4.69) is 15.9 Å². The number of alkyl halides is 6. The molecule has 0 radical (unpaired) electrons. The third-order valence-electron chi connectivity index (χ3n) is 8.95. The molecule has 3 rings (SSSR count). The molecule has 0 saturated carbocycles. The van der Waals surface area contributed by atoms with Crippen molar-refractivity contribution in [2.75, 3.05) is 26.4 Å². The smallest absolute Gasteiger partial charge is 0.490 e. The Hall–Kier alpha value is -4.04. The van der Waals surface area contributed by atoms with Gasteiger partial charge in [-0.25, -0.2) is 9.59 Å².